The quantitative estimate of drug-likeness (QED) is 0.209. The molecule has 8 heteroatoms. The molecule has 0 saturated heterocycles. The highest BCUT2D eigenvalue weighted by molar-refractivity contribution is 7.89. The van der Waals surface area contributed by atoms with E-state index in [0.29, 0.717) is 25.9 Å². The molecule has 0 aromatic heterocycles. The molecule has 2 N–H and O–H groups in total. The molecule has 0 spiro atoms. The van der Waals surface area contributed by atoms with Gasteiger partial charge in [-0.25, -0.2) is 13.1 Å². The first kappa shape index (κ1) is 31.7. The molecule has 0 aliphatic carbocycles. The van der Waals surface area contributed by atoms with Gasteiger partial charge in [0.25, 0.3) is 0 Å². The highest BCUT2D eigenvalue weighted by Crippen LogP contribution is 2.18. The minimum atomic E-state index is -3.55. The van der Waals surface area contributed by atoms with E-state index in [1.165, 1.54) is 0 Å². The van der Waals surface area contributed by atoms with Crippen molar-refractivity contribution in [2.24, 2.45) is 0 Å². The van der Waals surface area contributed by atoms with E-state index in [1.807, 2.05) is 91.9 Å². The molecule has 43 heavy (non-hydrogen) atoms. The molecule has 0 heterocycles. The number of nitrogens with zero attached hydrogens (tertiary/aromatic N) is 1. The highest BCUT2D eigenvalue weighted by Gasteiger charge is 2.30. The molecule has 7 nitrogen and oxygen atoms in total. The van der Waals surface area contributed by atoms with Crippen molar-refractivity contribution in [1.29, 1.82) is 0 Å². The molecule has 0 saturated carbocycles. The Bertz CT molecular complexity index is 1570. The van der Waals surface area contributed by atoms with Crippen molar-refractivity contribution in [1.82, 2.24) is 14.9 Å². The number of carbonyl (C=O) groups is 2. The summed E-state index contributed by atoms with van der Waals surface area (Å²) in [4.78, 5) is 29.6. The van der Waals surface area contributed by atoms with Gasteiger partial charge in [-0.2, -0.15) is 0 Å². The Labute approximate surface area is 255 Å². The summed E-state index contributed by atoms with van der Waals surface area (Å²) in [6, 6.07) is 33.2. The van der Waals surface area contributed by atoms with Crippen LogP contribution >= 0.6 is 0 Å². The van der Waals surface area contributed by atoms with E-state index >= 15 is 0 Å². The molecular formula is C35H39N3O4S. The fourth-order valence-electron chi connectivity index (χ4n) is 4.85. The van der Waals surface area contributed by atoms with Crippen molar-refractivity contribution in [2.45, 2.75) is 57.1 Å². The van der Waals surface area contributed by atoms with Gasteiger partial charge in [0.15, 0.2) is 0 Å². The van der Waals surface area contributed by atoms with E-state index in [0.717, 1.165) is 27.8 Å². The maximum absolute atomic E-state index is 13.9. The van der Waals surface area contributed by atoms with E-state index in [1.54, 1.807) is 36.1 Å². The van der Waals surface area contributed by atoms with Crippen LogP contribution in [-0.4, -0.2) is 37.7 Å². The molecule has 0 unspecified atom stereocenters. The van der Waals surface area contributed by atoms with Gasteiger partial charge in [-0.3, -0.25) is 9.59 Å². The third-order valence-electron chi connectivity index (χ3n) is 7.25. The average molecular weight is 598 g/mol. The fourth-order valence-corrected chi connectivity index (χ4v) is 5.89. The molecule has 4 aromatic rings. The first-order valence-corrected chi connectivity index (χ1v) is 16.0. The normalized spacial score (nSPS) is 12.0. The summed E-state index contributed by atoms with van der Waals surface area (Å²) in [6.07, 6.45) is 0.952. The summed E-state index contributed by atoms with van der Waals surface area (Å²) in [5.41, 5.74) is 4.86. The van der Waals surface area contributed by atoms with Crippen molar-refractivity contribution in [2.75, 3.05) is 6.54 Å². The minimum Gasteiger partial charge on any atom is -0.350 e. The van der Waals surface area contributed by atoms with Gasteiger partial charge < -0.3 is 10.2 Å². The van der Waals surface area contributed by atoms with Gasteiger partial charge in [0.05, 0.1) is 4.90 Å². The Balaban J connectivity index is 1.56. The van der Waals surface area contributed by atoms with Crippen LogP contribution in [0, 0.1) is 6.92 Å². The highest BCUT2D eigenvalue weighted by atomic mass is 32.2. The average Bonchev–Trinajstić information content (AvgIpc) is 3.02. The van der Waals surface area contributed by atoms with Gasteiger partial charge in [-0.1, -0.05) is 110 Å². The van der Waals surface area contributed by atoms with Gasteiger partial charge >= 0.3 is 0 Å². The third-order valence-corrected chi connectivity index (χ3v) is 8.81. The summed E-state index contributed by atoms with van der Waals surface area (Å²) in [7, 11) is -3.55. The molecule has 1 atom stereocenters. The number of amides is 2. The van der Waals surface area contributed by atoms with Crippen molar-refractivity contribution in [3.63, 3.8) is 0 Å². The molecule has 0 aliphatic rings. The van der Waals surface area contributed by atoms with E-state index < -0.39 is 16.1 Å². The lowest BCUT2D eigenvalue weighted by molar-refractivity contribution is -0.141. The third kappa shape index (κ3) is 9.36. The zero-order chi connectivity index (χ0) is 30.7. The van der Waals surface area contributed by atoms with Crippen LogP contribution in [0.2, 0.25) is 0 Å². The van der Waals surface area contributed by atoms with Crippen LogP contribution in [0.25, 0.3) is 0 Å². The van der Waals surface area contributed by atoms with E-state index in [-0.39, 0.29) is 29.7 Å². The van der Waals surface area contributed by atoms with Gasteiger partial charge in [-0.15, -0.1) is 0 Å². The first-order chi connectivity index (χ1) is 20.7. The standard InChI is InChI=1S/C35H39N3O4S/c1-3-37-43(41,42)32-21-18-28(19-22-32)20-23-34(39)38(26-31-12-8-5-9-13-31)33(24-29-10-6-4-7-11-29)35(40)36-25-30-16-14-27(2)15-17-30/h4-19,21-22,33,37H,3,20,23-26H2,1-2H3,(H,36,40)/t33-/m0/s1. The van der Waals surface area contributed by atoms with Crippen LogP contribution in [0.15, 0.2) is 114 Å². The zero-order valence-corrected chi connectivity index (χ0v) is 25.5. The van der Waals surface area contributed by atoms with E-state index in [9.17, 15) is 18.0 Å². The molecule has 4 aromatic carbocycles. The van der Waals surface area contributed by atoms with Gasteiger partial charge in [0.2, 0.25) is 21.8 Å². The molecule has 0 radical (unpaired) electrons. The van der Waals surface area contributed by atoms with Crippen molar-refractivity contribution in [3.05, 3.63) is 137 Å². The molecule has 0 fully saturated rings. The van der Waals surface area contributed by atoms with Crippen molar-refractivity contribution < 1.29 is 18.0 Å². The number of carbonyl (C=O) groups excluding carboxylic acids is 2. The number of hydrogen-bond acceptors (Lipinski definition) is 4. The number of aryl methyl sites for hydroxylation is 2. The summed E-state index contributed by atoms with van der Waals surface area (Å²) in [5, 5.41) is 3.07. The number of rotatable bonds is 14. The van der Waals surface area contributed by atoms with Crippen LogP contribution in [0.5, 0.6) is 0 Å². The van der Waals surface area contributed by atoms with E-state index in [2.05, 4.69) is 10.0 Å². The fraction of sp³-hybridized carbons (Fsp3) is 0.257. The summed E-state index contributed by atoms with van der Waals surface area (Å²) >= 11 is 0. The smallest absolute Gasteiger partial charge is 0.243 e. The Morgan fingerprint density at radius 2 is 1.33 bits per heavy atom. The Morgan fingerprint density at radius 3 is 1.93 bits per heavy atom. The van der Waals surface area contributed by atoms with Crippen molar-refractivity contribution in [3.8, 4) is 0 Å². The Kier molecular flexibility index (Phi) is 11.2. The van der Waals surface area contributed by atoms with Crippen LogP contribution in [0.3, 0.4) is 0 Å². The first-order valence-electron chi connectivity index (χ1n) is 14.5. The number of hydrogen-bond donors (Lipinski definition) is 2. The summed E-state index contributed by atoms with van der Waals surface area (Å²) in [6.45, 7) is 4.70. The topological polar surface area (TPSA) is 95.6 Å². The maximum Gasteiger partial charge on any atom is 0.243 e. The minimum absolute atomic E-state index is 0.153. The second kappa shape index (κ2) is 15.3. The summed E-state index contributed by atoms with van der Waals surface area (Å²) < 4.78 is 27.1. The SMILES string of the molecule is CCNS(=O)(=O)c1ccc(CCC(=O)N(Cc2ccccc2)[C@@H](Cc2ccccc2)C(=O)NCc2ccc(C)cc2)cc1. The molecule has 4 rings (SSSR count). The van der Waals surface area contributed by atoms with Crippen molar-refractivity contribution >= 4 is 21.8 Å². The second-order valence-electron chi connectivity index (χ2n) is 10.6. The van der Waals surface area contributed by atoms with Gasteiger partial charge in [0, 0.05) is 32.5 Å². The predicted octanol–water partition coefficient (Wildman–Crippen LogP) is 5.18. The van der Waals surface area contributed by atoms with Crippen LogP contribution in [0.1, 0.15) is 41.2 Å². The Morgan fingerprint density at radius 1 is 0.744 bits per heavy atom. The monoisotopic (exact) mass is 597 g/mol. The van der Waals surface area contributed by atoms with Crippen LogP contribution in [-0.2, 0) is 45.5 Å². The molecular weight excluding hydrogens is 558 g/mol. The summed E-state index contributed by atoms with van der Waals surface area (Å²) in [5.74, 6) is -0.369. The number of benzene rings is 4. The van der Waals surface area contributed by atoms with E-state index in [4.69, 9.17) is 0 Å². The lowest BCUT2D eigenvalue weighted by atomic mass is 10.0. The van der Waals surface area contributed by atoms with Gasteiger partial charge in [0.1, 0.15) is 6.04 Å². The lowest BCUT2D eigenvalue weighted by Crippen LogP contribution is -2.50. The van der Waals surface area contributed by atoms with Gasteiger partial charge in [-0.05, 0) is 47.7 Å². The largest absolute Gasteiger partial charge is 0.350 e. The second-order valence-corrected chi connectivity index (χ2v) is 12.3. The predicted molar refractivity (Wildman–Crippen MR) is 170 cm³/mol. The molecule has 2 amide bonds. The molecule has 0 bridgehead atoms. The number of nitrogens with one attached hydrogen (secondary N) is 2. The maximum atomic E-state index is 13.9. The molecule has 224 valence electrons. The van der Waals surface area contributed by atoms with Crippen LogP contribution in [0.4, 0.5) is 0 Å². The van der Waals surface area contributed by atoms with Crippen LogP contribution < -0.4 is 10.0 Å². The lowest BCUT2D eigenvalue weighted by Gasteiger charge is -2.31. The number of sulfonamides is 1. The zero-order valence-electron chi connectivity index (χ0n) is 24.7. The Hall–Kier alpha value is -4.27. The molecule has 0 aliphatic heterocycles.